The van der Waals surface area contributed by atoms with Gasteiger partial charge in [0.25, 0.3) is 0 Å². The van der Waals surface area contributed by atoms with Crippen molar-refractivity contribution in [2.45, 2.75) is 45.2 Å². The van der Waals surface area contributed by atoms with E-state index in [1.54, 1.807) is 0 Å². The van der Waals surface area contributed by atoms with Gasteiger partial charge in [0, 0.05) is 12.5 Å². The second-order valence-corrected chi connectivity index (χ2v) is 6.46. The lowest BCUT2D eigenvalue weighted by Gasteiger charge is -2.23. The van der Waals surface area contributed by atoms with Crippen LogP contribution in [0.1, 0.15) is 49.8 Å². The molecule has 1 aromatic rings. The van der Waals surface area contributed by atoms with Crippen LogP contribution in [0.5, 0.6) is 0 Å². The number of hydrogen-bond acceptors (Lipinski definition) is 2. The summed E-state index contributed by atoms with van der Waals surface area (Å²) in [6.07, 6.45) is 4.97. The number of nitrogens with one attached hydrogen (secondary N) is 1. The molecule has 1 aromatic carbocycles. The lowest BCUT2D eigenvalue weighted by molar-refractivity contribution is -0.127. The Hall–Kier alpha value is -1.35. The van der Waals surface area contributed by atoms with Crippen molar-refractivity contribution in [2.24, 2.45) is 23.5 Å². The number of amides is 1. The van der Waals surface area contributed by atoms with E-state index in [2.05, 4.69) is 24.4 Å². The summed E-state index contributed by atoms with van der Waals surface area (Å²) >= 11 is 0. The second kappa shape index (κ2) is 5.57. The molecule has 2 aliphatic rings. The number of carbonyl (C=O) groups excluding carboxylic acids is 1. The third-order valence-corrected chi connectivity index (χ3v) is 5.15. The summed E-state index contributed by atoms with van der Waals surface area (Å²) < 4.78 is 0. The average Bonchev–Trinajstić information content (AvgIpc) is 3.10. The quantitative estimate of drug-likeness (QED) is 0.885. The van der Waals surface area contributed by atoms with Crippen LogP contribution in [0.3, 0.4) is 0 Å². The van der Waals surface area contributed by atoms with Gasteiger partial charge in [0.05, 0.1) is 6.04 Å². The maximum atomic E-state index is 12.4. The predicted octanol–water partition coefficient (Wildman–Crippen LogP) is 2.76. The third-order valence-electron chi connectivity index (χ3n) is 5.15. The molecule has 0 heterocycles. The van der Waals surface area contributed by atoms with Gasteiger partial charge < -0.3 is 11.1 Å². The van der Waals surface area contributed by atoms with Crippen LogP contribution in [-0.2, 0) is 11.3 Å². The maximum Gasteiger partial charge on any atom is 0.223 e. The van der Waals surface area contributed by atoms with Gasteiger partial charge in [-0.1, -0.05) is 30.7 Å². The van der Waals surface area contributed by atoms with Gasteiger partial charge in [0.2, 0.25) is 5.91 Å². The van der Waals surface area contributed by atoms with Gasteiger partial charge in [-0.25, -0.2) is 0 Å². The summed E-state index contributed by atoms with van der Waals surface area (Å²) in [5.41, 5.74) is 7.88. The fourth-order valence-corrected chi connectivity index (χ4v) is 3.91. The van der Waals surface area contributed by atoms with Crippen LogP contribution in [0.4, 0.5) is 0 Å². The first-order chi connectivity index (χ1) is 9.67. The fraction of sp³-hybridized carbons (Fsp3) is 0.588. The van der Waals surface area contributed by atoms with E-state index in [1.165, 1.54) is 19.3 Å². The Balaban J connectivity index is 1.60. The van der Waals surface area contributed by atoms with Crippen LogP contribution >= 0.6 is 0 Å². The zero-order chi connectivity index (χ0) is 14.1. The first-order valence-corrected chi connectivity index (χ1v) is 7.76. The average molecular weight is 272 g/mol. The Morgan fingerprint density at radius 2 is 2.05 bits per heavy atom. The van der Waals surface area contributed by atoms with Crippen molar-refractivity contribution >= 4 is 5.91 Å². The van der Waals surface area contributed by atoms with Gasteiger partial charge in [-0.15, -0.1) is 0 Å². The van der Waals surface area contributed by atoms with E-state index in [9.17, 15) is 4.79 Å². The molecule has 0 aliphatic heterocycles. The molecule has 108 valence electrons. The smallest absolute Gasteiger partial charge is 0.223 e. The Morgan fingerprint density at radius 3 is 2.60 bits per heavy atom. The Morgan fingerprint density at radius 1 is 1.30 bits per heavy atom. The lowest BCUT2D eigenvalue weighted by Crippen LogP contribution is -2.35. The largest absolute Gasteiger partial charge is 0.349 e. The highest BCUT2D eigenvalue weighted by atomic mass is 16.2. The van der Waals surface area contributed by atoms with Crippen molar-refractivity contribution in [1.29, 1.82) is 0 Å². The van der Waals surface area contributed by atoms with Crippen molar-refractivity contribution in [3.05, 3.63) is 35.4 Å². The van der Waals surface area contributed by atoms with E-state index in [0.29, 0.717) is 12.5 Å². The number of fused-ring (bicyclic) bond motifs is 2. The predicted molar refractivity (Wildman–Crippen MR) is 79.8 cm³/mol. The first-order valence-electron chi connectivity index (χ1n) is 7.76. The number of nitrogens with two attached hydrogens (primary N) is 1. The Bertz CT molecular complexity index is 482. The van der Waals surface area contributed by atoms with E-state index < -0.39 is 0 Å². The van der Waals surface area contributed by atoms with Gasteiger partial charge in [0.15, 0.2) is 0 Å². The summed E-state index contributed by atoms with van der Waals surface area (Å²) in [5, 5.41) is 3.19. The van der Waals surface area contributed by atoms with E-state index in [-0.39, 0.29) is 17.9 Å². The van der Waals surface area contributed by atoms with E-state index in [4.69, 9.17) is 5.73 Å². The molecule has 2 saturated carbocycles. The van der Waals surface area contributed by atoms with Gasteiger partial charge in [0.1, 0.15) is 0 Å². The van der Waals surface area contributed by atoms with Crippen LogP contribution in [-0.4, -0.2) is 5.91 Å². The third kappa shape index (κ3) is 2.59. The van der Waals surface area contributed by atoms with Gasteiger partial charge in [-0.3, -0.25) is 4.79 Å². The molecule has 2 bridgehead atoms. The number of benzene rings is 1. The molecule has 3 rings (SSSR count). The summed E-state index contributed by atoms with van der Waals surface area (Å²) in [5.74, 6) is 1.98. The highest BCUT2D eigenvalue weighted by Crippen LogP contribution is 2.48. The molecule has 0 radical (unpaired) electrons. The highest BCUT2D eigenvalue weighted by molar-refractivity contribution is 5.80. The standard InChI is InChI=1S/C17H24N2O/c1-11(14-5-2-12(10-18)3-6-14)19-17(20)16-9-13-4-7-15(16)8-13/h2-3,5-6,11,13,15-16H,4,7-10,18H2,1H3,(H,19,20). The molecule has 2 fully saturated rings. The second-order valence-electron chi connectivity index (χ2n) is 6.46. The minimum absolute atomic E-state index is 0.0773. The number of hydrogen-bond donors (Lipinski definition) is 2. The van der Waals surface area contributed by atoms with Crippen LogP contribution in [0.25, 0.3) is 0 Å². The van der Waals surface area contributed by atoms with Crippen LogP contribution in [0, 0.1) is 17.8 Å². The molecule has 3 heteroatoms. The SMILES string of the molecule is CC(NC(=O)C1CC2CCC1C2)c1ccc(CN)cc1. The lowest BCUT2D eigenvalue weighted by atomic mass is 9.88. The van der Waals surface area contributed by atoms with Crippen molar-refractivity contribution in [3.8, 4) is 0 Å². The molecule has 1 amide bonds. The zero-order valence-electron chi connectivity index (χ0n) is 12.1. The summed E-state index contributed by atoms with van der Waals surface area (Å²) in [6.45, 7) is 2.62. The highest BCUT2D eigenvalue weighted by Gasteiger charge is 2.43. The van der Waals surface area contributed by atoms with Crippen molar-refractivity contribution < 1.29 is 4.79 Å². The van der Waals surface area contributed by atoms with Crippen molar-refractivity contribution in [1.82, 2.24) is 5.32 Å². The molecule has 0 aromatic heterocycles. The van der Waals surface area contributed by atoms with E-state index in [1.807, 2.05) is 12.1 Å². The molecular formula is C17H24N2O. The molecule has 3 nitrogen and oxygen atoms in total. The van der Waals surface area contributed by atoms with Crippen LogP contribution < -0.4 is 11.1 Å². The summed E-state index contributed by atoms with van der Waals surface area (Å²) in [7, 11) is 0. The monoisotopic (exact) mass is 272 g/mol. The normalized spacial score (nSPS) is 29.4. The first kappa shape index (κ1) is 13.6. The molecule has 3 N–H and O–H groups in total. The number of carbonyl (C=O) groups is 1. The van der Waals surface area contributed by atoms with E-state index >= 15 is 0 Å². The maximum absolute atomic E-state index is 12.4. The molecule has 2 aliphatic carbocycles. The molecule has 0 saturated heterocycles. The van der Waals surface area contributed by atoms with Gasteiger partial charge in [-0.2, -0.15) is 0 Å². The van der Waals surface area contributed by atoms with Crippen LogP contribution in [0.2, 0.25) is 0 Å². The molecule has 0 spiro atoms. The van der Waals surface area contributed by atoms with Crippen molar-refractivity contribution in [2.75, 3.05) is 0 Å². The van der Waals surface area contributed by atoms with Crippen LogP contribution in [0.15, 0.2) is 24.3 Å². The van der Waals surface area contributed by atoms with Crippen molar-refractivity contribution in [3.63, 3.8) is 0 Å². The van der Waals surface area contributed by atoms with E-state index in [0.717, 1.165) is 23.5 Å². The van der Waals surface area contributed by atoms with Gasteiger partial charge in [-0.05, 0) is 49.1 Å². The molecule has 4 unspecified atom stereocenters. The Kier molecular flexibility index (Phi) is 3.79. The number of rotatable bonds is 4. The molecule has 4 atom stereocenters. The Labute approximate surface area is 120 Å². The fourth-order valence-electron chi connectivity index (χ4n) is 3.91. The molecular weight excluding hydrogens is 248 g/mol. The summed E-state index contributed by atoms with van der Waals surface area (Å²) in [4.78, 5) is 12.4. The topological polar surface area (TPSA) is 55.1 Å². The summed E-state index contributed by atoms with van der Waals surface area (Å²) in [6, 6.07) is 8.28. The zero-order valence-corrected chi connectivity index (χ0v) is 12.1. The molecule has 20 heavy (non-hydrogen) atoms. The van der Waals surface area contributed by atoms with Gasteiger partial charge >= 0.3 is 0 Å². The minimum atomic E-state index is 0.0773. The minimum Gasteiger partial charge on any atom is -0.349 e.